The predicted molar refractivity (Wildman–Crippen MR) is 52.4 cm³/mol. The highest BCUT2D eigenvalue weighted by Crippen LogP contribution is 2.32. The third kappa shape index (κ3) is 2.04. The maximum atomic E-state index is 10.9. The Kier molecular flexibility index (Phi) is 2.90. The van der Waals surface area contributed by atoms with Gasteiger partial charge in [-0.2, -0.15) is 0 Å². The number of aromatic carboxylic acids is 1. The average molecular weight is 211 g/mol. The Labute approximate surface area is 88.5 Å². The van der Waals surface area contributed by atoms with Gasteiger partial charge in [0.1, 0.15) is 11.5 Å². The van der Waals surface area contributed by atoms with Gasteiger partial charge in [0.2, 0.25) is 0 Å². The van der Waals surface area contributed by atoms with Crippen molar-refractivity contribution < 1.29 is 19.4 Å². The number of carboxylic acid groups (broad SMARTS) is 1. The molecular formula is C11H15O4-. The van der Waals surface area contributed by atoms with E-state index in [1.165, 1.54) is 0 Å². The first kappa shape index (κ1) is 11.8. The summed E-state index contributed by atoms with van der Waals surface area (Å²) in [4.78, 5) is 10.9. The number of furan rings is 1. The predicted octanol–water partition coefficient (Wildman–Crippen LogP) is 0.741. The molecule has 0 amide bonds. The first-order valence-electron chi connectivity index (χ1n) is 4.74. The molecule has 0 aromatic carbocycles. The first-order valence-corrected chi connectivity index (χ1v) is 4.74. The molecule has 0 fully saturated rings. The van der Waals surface area contributed by atoms with Crippen LogP contribution in [0.2, 0.25) is 0 Å². The minimum atomic E-state index is -1.31. The van der Waals surface area contributed by atoms with Crippen molar-refractivity contribution >= 4 is 5.97 Å². The number of aliphatic hydroxyl groups is 1. The molecule has 0 aliphatic rings. The summed E-state index contributed by atoms with van der Waals surface area (Å²) in [7, 11) is 0. The van der Waals surface area contributed by atoms with Crippen molar-refractivity contribution in [3.63, 3.8) is 0 Å². The highest BCUT2D eigenvalue weighted by Gasteiger charge is 2.26. The van der Waals surface area contributed by atoms with Crippen molar-refractivity contribution in [2.45, 2.75) is 39.7 Å². The molecule has 4 nitrogen and oxygen atoms in total. The summed E-state index contributed by atoms with van der Waals surface area (Å²) in [6, 6.07) is 0. The molecule has 0 atom stereocenters. The Morgan fingerprint density at radius 1 is 1.47 bits per heavy atom. The third-order valence-corrected chi connectivity index (χ3v) is 2.23. The summed E-state index contributed by atoms with van der Waals surface area (Å²) in [5.74, 6) is -0.526. The van der Waals surface area contributed by atoms with Gasteiger partial charge in [0, 0.05) is 16.5 Å². The van der Waals surface area contributed by atoms with Crippen LogP contribution in [0.15, 0.2) is 4.42 Å². The molecule has 0 unspecified atom stereocenters. The van der Waals surface area contributed by atoms with Crippen molar-refractivity contribution in [1.82, 2.24) is 0 Å². The van der Waals surface area contributed by atoms with Crippen LogP contribution in [0.3, 0.4) is 0 Å². The summed E-state index contributed by atoms with van der Waals surface area (Å²) >= 11 is 0. The van der Waals surface area contributed by atoms with Crippen molar-refractivity contribution in [3.05, 3.63) is 22.6 Å². The summed E-state index contributed by atoms with van der Waals surface area (Å²) < 4.78 is 5.38. The van der Waals surface area contributed by atoms with Crippen molar-refractivity contribution in [1.29, 1.82) is 0 Å². The number of hydrogen-bond donors (Lipinski definition) is 1. The molecule has 0 aliphatic carbocycles. The SMILES string of the molecule is Cc1oc(C(C)(C)C)c(CO)c1C(=O)[O-]. The number of rotatable bonds is 2. The summed E-state index contributed by atoms with van der Waals surface area (Å²) in [6.45, 7) is 6.88. The molecule has 84 valence electrons. The lowest BCUT2D eigenvalue weighted by atomic mass is 9.89. The Morgan fingerprint density at radius 2 is 2.00 bits per heavy atom. The minimum Gasteiger partial charge on any atom is -0.545 e. The second kappa shape index (κ2) is 3.70. The van der Waals surface area contributed by atoms with Gasteiger partial charge >= 0.3 is 0 Å². The van der Waals surface area contributed by atoms with Gasteiger partial charge in [0.05, 0.1) is 12.6 Å². The zero-order valence-corrected chi connectivity index (χ0v) is 9.38. The van der Waals surface area contributed by atoms with Gasteiger partial charge in [-0.3, -0.25) is 0 Å². The Bertz CT molecular complexity index is 382. The van der Waals surface area contributed by atoms with Crippen LogP contribution in [-0.4, -0.2) is 11.1 Å². The van der Waals surface area contributed by atoms with Gasteiger partial charge in [-0.25, -0.2) is 0 Å². The van der Waals surface area contributed by atoms with Crippen LogP contribution in [0.25, 0.3) is 0 Å². The molecule has 0 bridgehead atoms. The maximum Gasteiger partial charge on any atom is 0.115 e. The largest absolute Gasteiger partial charge is 0.545 e. The molecule has 1 aromatic rings. The quantitative estimate of drug-likeness (QED) is 0.783. The Balaban J connectivity index is 3.45. The average Bonchev–Trinajstić information content (AvgIpc) is 2.41. The second-order valence-electron chi connectivity index (χ2n) is 4.54. The standard InChI is InChI=1S/C11H16O4/c1-6-8(10(13)14)7(5-12)9(15-6)11(2,3)4/h12H,5H2,1-4H3,(H,13,14)/p-1. The smallest absolute Gasteiger partial charge is 0.115 e. The van der Waals surface area contributed by atoms with Crippen LogP contribution in [0.1, 0.15) is 48.2 Å². The molecule has 1 rings (SSSR count). The molecular weight excluding hydrogens is 196 g/mol. The summed E-state index contributed by atoms with van der Waals surface area (Å²) in [5, 5.41) is 20.0. The number of carbonyl (C=O) groups is 1. The Hall–Kier alpha value is -1.29. The molecule has 0 aliphatic heterocycles. The van der Waals surface area contributed by atoms with Gasteiger partial charge < -0.3 is 19.4 Å². The molecule has 0 saturated heterocycles. The fourth-order valence-electron chi connectivity index (χ4n) is 1.62. The first-order chi connectivity index (χ1) is 6.79. The molecule has 4 heteroatoms. The van der Waals surface area contributed by atoms with E-state index in [-0.39, 0.29) is 23.3 Å². The topological polar surface area (TPSA) is 73.5 Å². The highest BCUT2D eigenvalue weighted by atomic mass is 16.4. The van der Waals surface area contributed by atoms with Crippen LogP contribution in [0.5, 0.6) is 0 Å². The van der Waals surface area contributed by atoms with E-state index in [1.54, 1.807) is 6.92 Å². The van der Waals surface area contributed by atoms with E-state index in [0.717, 1.165) is 0 Å². The van der Waals surface area contributed by atoms with Gasteiger partial charge in [-0.05, 0) is 6.92 Å². The van der Waals surface area contributed by atoms with Gasteiger partial charge in [-0.15, -0.1) is 0 Å². The molecule has 1 N–H and O–H groups in total. The Morgan fingerprint density at radius 3 is 2.33 bits per heavy atom. The lowest BCUT2D eigenvalue weighted by molar-refractivity contribution is -0.255. The van der Waals surface area contributed by atoms with Crippen molar-refractivity contribution in [2.24, 2.45) is 0 Å². The lowest BCUT2D eigenvalue weighted by Crippen LogP contribution is -2.24. The monoisotopic (exact) mass is 211 g/mol. The molecule has 0 spiro atoms. The number of hydrogen-bond acceptors (Lipinski definition) is 4. The zero-order chi connectivity index (χ0) is 11.8. The van der Waals surface area contributed by atoms with E-state index in [0.29, 0.717) is 11.3 Å². The van der Waals surface area contributed by atoms with Gasteiger partial charge in [-0.1, -0.05) is 20.8 Å². The molecule has 1 heterocycles. The fraction of sp³-hybridized carbons (Fsp3) is 0.545. The van der Waals surface area contributed by atoms with E-state index >= 15 is 0 Å². The summed E-state index contributed by atoms with van der Waals surface area (Å²) in [5.41, 5.74) is -0.0429. The molecule has 0 radical (unpaired) electrons. The van der Waals surface area contributed by atoms with E-state index in [2.05, 4.69) is 0 Å². The van der Waals surface area contributed by atoms with Crippen LogP contribution < -0.4 is 5.11 Å². The lowest BCUT2D eigenvalue weighted by Gasteiger charge is -2.17. The maximum absolute atomic E-state index is 10.9. The van der Waals surface area contributed by atoms with E-state index in [9.17, 15) is 15.0 Å². The van der Waals surface area contributed by atoms with E-state index in [1.807, 2.05) is 20.8 Å². The number of aryl methyl sites for hydroxylation is 1. The van der Waals surface area contributed by atoms with Crippen molar-refractivity contribution in [3.8, 4) is 0 Å². The number of carboxylic acids is 1. The fourth-order valence-corrected chi connectivity index (χ4v) is 1.62. The molecule has 15 heavy (non-hydrogen) atoms. The van der Waals surface area contributed by atoms with Crippen LogP contribution in [0, 0.1) is 6.92 Å². The minimum absolute atomic E-state index is 0.0255. The van der Waals surface area contributed by atoms with Crippen LogP contribution >= 0.6 is 0 Å². The van der Waals surface area contributed by atoms with Crippen LogP contribution in [0.4, 0.5) is 0 Å². The molecule has 0 saturated carbocycles. The normalized spacial score (nSPS) is 11.8. The number of carbonyl (C=O) groups excluding carboxylic acids is 1. The van der Waals surface area contributed by atoms with Gasteiger partial charge in [0.25, 0.3) is 0 Å². The number of aliphatic hydroxyl groups excluding tert-OH is 1. The zero-order valence-electron chi connectivity index (χ0n) is 9.38. The third-order valence-electron chi connectivity index (χ3n) is 2.23. The molecule has 1 aromatic heterocycles. The van der Waals surface area contributed by atoms with Gasteiger partial charge in [0.15, 0.2) is 0 Å². The highest BCUT2D eigenvalue weighted by molar-refractivity contribution is 5.89. The van der Waals surface area contributed by atoms with E-state index < -0.39 is 5.97 Å². The second-order valence-corrected chi connectivity index (χ2v) is 4.54. The van der Waals surface area contributed by atoms with Crippen LogP contribution in [-0.2, 0) is 12.0 Å². The van der Waals surface area contributed by atoms with Crippen molar-refractivity contribution in [2.75, 3.05) is 0 Å². The summed E-state index contributed by atoms with van der Waals surface area (Å²) in [6.07, 6.45) is 0. The van der Waals surface area contributed by atoms with E-state index in [4.69, 9.17) is 4.42 Å².